The zero-order valence-corrected chi connectivity index (χ0v) is 12.3. The first-order chi connectivity index (χ1) is 9.17. The van der Waals surface area contributed by atoms with Crippen molar-refractivity contribution in [3.05, 3.63) is 29.8 Å². The largest absolute Gasteiger partial charge is 0.435 e. The summed E-state index contributed by atoms with van der Waals surface area (Å²) in [5.74, 6) is 0.213. The first kappa shape index (κ1) is 17.1. The third-order valence-corrected chi connectivity index (χ3v) is 3.47. The van der Waals surface area contributed by atoms with Gasteiger partial charge >= 0.3 is 6.61 Å². The fourth-order valence-electron chi connectivity index (χ4n) is 2.47. The molecule has 1 heterocycles. The Labute approximate surface area is 124 Å². The molecule has 3 nitrogen and oxygen atoms in total. The lowest BCUT2D eigenvalue weighted by Gasteiger charge is -2.32. The van der Waals surface area contributed by atoms with Crippen LogP contribution < -0.4 is 10.1 Å². The lowest BCUT2D eigenvalue weighted by atomic mass is 10.1. The van der Waals surface area contributed by atoms with Crippen molar-refractivity contribution in [2.45, 2.75) is 32.0 Å². The average Bonchev–Trinajstić information content (AvgIpc) is 2.41. The number of alkyl halides is 2. The predicted molar refractivity (Wildman–Crippen MR) is 77.7 cm³/mol. The molecule has 0 amide bonds. The Hall–Kier alpha value is -0.910. The van der Waals surface area contributed by atoms with Crippen LogP contribution in [-0.4, -0.2) is 37.7 Å². The Morgan fingerprint density at radius 3 is 2.65 bits per heavy atom. The molecule has 1 N–H and O–H groups in total. The van der Waals surface area contributed by atoms with E-state index in [4.69, 9.17) is 0 Å². The minimum absolute atomic E-state index is 0. The van der Waals surface area contributed by atoms with Gasteiger partial charge in [-0.3, -0.25) is 4.90 Å². The van der Waals surface area contributed by atoms with Crippen molar-refractivity contribution < 1.29 is 13.5 Å². The molecule has 1 unspecified atom stereocenters. The van der Waals surface area contributed by atoms with Gasteiger partial charge < -0.3 is 10.1 Å². The van der Waals surface area contributed by atoms with Crippen LogP contribution in [0.15, 0.2) is 24.3 Å². The molecule has 0 saturated carbocycles. The Morgan fingerprint density at radius 2 is 2.05 bits per heavy atom. The molecule has 1 aromatic rings. The van der Waals surface area contributed by atoms with Crippen molar-refractivity contribution in [2.75, 3.05) is 20.1 Å². The van der Waals surface area contributed by atoms with Crippen LogP contribution in [-0.2, 0) is 6.54 Å². The molecule has 1 aliphatic rings. The van der Waals surface area contributed by atoms with Crippen molar-refractivity contribution in [3.8, 4) is 5.75 Å². The number of nitrogens with one attached hydrogen (secondary N) is 1. The second kappa shape index (κ2) is 8.39. The fraction of sp³-hybridized carbons (Fsp3) is 0.571. The number of piperidine rings is 1. The molecule has 1 saturated heterocycles. The van der Waals surface area contributed by atoms with Gasteiger partial charge in [0.25, 0.3) is 0 Å². The molecular weight excluding hydrogens is 286 g/mol. The summed E-state index contributed by atoms with van der Waals surface area (Å²) < 4.78 is 28.4. The maximum absolute atomic E-state index is 12.0. The predicted octanol–water partition coefficient (Wildman–Crippen LogP) is 2.89. The van der Waals surface area contributed by atoms with Crippen molar-refractivity contribution in [1.29, 1.82) is 0 Å². The van der Waals surface area contributed by atoms with Crippen LogP contribution in [0.4, 0.5) is 8.78 Å². The lowest BCUT2D eigenvalue weighted by Crippen LogP contribution is -2.43. The van der Waals surface area contributed by atoms with Crippen LogP contribution >= 0.6 is 12.4 Å². The second-order valence-electron chi connectivity index (χ2n) is 4.89. The van der Waals surface area contributed by atoms with Crippen LogP contribution in [0.2, 0.25) is 0 Å². The Morgan fingerprint density at radius 1 is 1.35 bits per heavy atom. The van der Waals surface area contributed by atoms with Gasteiger partial charge in [-0.1, -0.05) is 12.1 Å². The van der Waals surface area contributed by atoms with E-state index in [2.05, 4.69) is 15.0 Å². The van der Waals surface area contributed by atoms with Gasteiger partial charge in [0.1, 0.15) is 5.75 Å². The van der Waals surface area contributed by atoms with Gasteiger partial charge in [0.2, 0.25) is 0 Å². The number of ether oxygens (including phenoxy) is 1. The Bertz CT molecular complexity index is 389. The van der Waals surface area contributed by atoms with E-state index in [1.54, 1.807) is 12.1 Å². The Balaban J connectivity index is 0.00000200. The molecule has 20 heavy (non-hydrogen) atoms. The molecule has 1 aliphatic heterocycles. The quantitative estimate of drug-likeness (QED) is 0.905. The van der Waals surface area contributed by atoms with Gasteiger partial charge in [-0.2, -0.15) is 8.78 Å². The van der Waals surface area contributed by atoms with Gasteiger partial charge in [0.15, 0.2) is 0 Å². The standard InChI is InChI=1S/C14H20F2N2O.ClH/c1-17-12-3-2-8-18(10-12)9-11-4-6-13(7-5-11)19-14(15)16;/h4-7,12,14,17H,2-3,8-10H2,1H3;1H. The molecule has 1 atom stereocenters. The number of hydrogen-bond donors (Lipinski definition) is 1. The first-order valence-corrected chi connectivity index (χ1v) is 6.61. The van der Waals surface area contributed by atoms with E-state index in [9.17, 15) is 8.78 Å². The third-order valence-electron chi connectivity index (χ3n) is 3.47. The molecule has 0 radical (unpaired) electrons. The zero-order valence-electron chi connectivity index (χ0n) is 11.5. The number of rotatable bonds is 5. The highest BCUT2D eigenvalue weighted by Crippen LogP contribution is 2.18. The van der Waals surface area contributed by atoms with Crippen LogP contribution in [0.5, 0.6) is 5.75 Å². The van der Waals surface area contributed by atoms with Gasteiger partial charge in [0, 0.05) is 19.1 Å². The van der Waals surface area contributed by atoms with E-state index in [1.165, 1.54) is 12.8 Å². The van der Waals surface area contributed by atoms with Crippen molar-refractivity contribution >= 4 is 12.4 Å². The summed E-state index contributed by atoms with van der Waals surface area (Å²) >= 11 is 0. The summed E-state index contributed by atoms with van der Waals surface area (Å²) in [5.41, 5.74) is 1.12. The van der Waals surface area contributed by atoms with E-state index in [-0.39, 0.29) is 18.2 Å². The first-order valence-electron chi connectivity index (χ1n) is 6.61. The third kappa shape index (κ3) is 5.23. The minimum Gasteiger partial charge on any atom is -0.435 e. The highest BCUT2D eigenvalue weighted by atomic mass is 35.5. The van der Waals surface area contributed by atoms with E-state index < -0.39 is 6.61 Å². The molecule has 0 bridgehead atoms. The second-order valence-corrected chi connectivity index (χ2v) is 4.89. The molecule has 114 valence electrons. The van der Waals surface area contributed by atoms with Gasteiger partial charge in [-0.15, -0.1) is 12.4 Å². The van der Waals surface area contributed by atoms with Crippen LogP contribution in [0.3, 0.4) is 0 Å². The summed E-state index contributed by atoms with van der Waals surface area (Å²) in [5, 5.41) is 3.31. The molecule has 0 aliphatic carbocycles. The number of halogens is 3. The van der Waals surface area contributed by atoms with Gasteiger partial charge in [-0.05, 0) is 44.1 Å². The number of likely N-dealkylation sites (tertiary alicyclic amines) is 1. The monoisotopic (exact) mass is 306 g/mol. The summed E-state index contributed by atoms with van der Waals surface area (Å²) in [7, 11) is 1.99. The van der Waals surface area contributed by atoms with Crippen molar-refractivity contribution in [3.63, 3.8) is 0 Å². The summed E-state index contributed by atoms with van der Waals surface area (Å²) in [6, 6.07) is 7.44. The number of hydrogen-bond acceptors (Lipinski definition) is 3. The van der Waals surface area contributed by atoms with Gasteiger partial charge in [0.05, 0.1) is 0 Å². The summed E-state index contributed by atoms with van der Waals surface area (Å²) in [6.07, 6.45) is 2.41. The molecule has 2 rings (SSSR count). The SMILES string of the molecule is CNC1CCCN(Cc2ccc(OC(F)F)cc2)C1.Cl. The molecule has 0 spiro atoms. The molecule has 1 fully saturated rings. The van der Waals surface area contributed by atoms with Gasteiger partial charge in [-0.25, -0.2) is 0 Å². The van der Waals surface area contributed by atoms with Crippen molar-refractivity contribution in [1.82, 2.24) is 10.2 Å². The normalized spacial score (nSPS) is 19.7. The fourth-order valence-corrected chi connectivity index (χ4v) is 2.47. The Kier molecular flexibility index (Phi) is 7.19. The van der Waals surface area contributed by atoms with E-state index >= 15 is 0 Å². The topological polar surface area (TPSA) is 24.5 Å². The smallest absolute Gasteiger partial charge is 0.387 e. The molecule has 1 aromatic carbocycles. The van der Waals surface area contributed by atoms with Crippen LogP contribution in [0.1, 0.15) is 18.4 Å². The van der Waals surface area contributed by atoms with Crippen LogP contribution in [0.25, 0.3) is 0 Å². The lowest BCUT2D eigenvalue weighted by molar-refractivity contribution is -0.0498. The number of nitrogens with zero attached hydrogens (tertiary/aromatic N) is 1. The highest BCUT2D eigenvalue weighted by molar-refractivity contribution is 5.85. The molecular formula is C14H21ClF2N2O. The number of likely N-dealkylation sites (N-methyl/N-ethyl adjacent to an activating group) is 1. The number of benzene rings is 1. The minimum atomic E-state index is -2.76. The zero-order chi connectivity index (χ0) is 13.7. The highest BCUT2D eigenvalue weighted by Gasteiger charge is 2.18. The summed E-state index contributed by atoms with van der Waals surface area (Å²) in [4.78, 5) is 2.38. The summed E-state index contributed by atoms with van der Waals surface area (Å²) in [6.45, 7) is 0.219. The van der Waals surface area contributed by atoms with E-state index in [0.717, 1.165) is 25.2 Å². The maximum Gasteiger partial charge on any atom is 0.387 e. The maximum atomic E-state index is 12.0. The van der Waals surface area contributed by atoms with E-state index in [1.807, 2.05) is 19.2 Å². The molecule has 6 heteroatoms. The van der Waals surface area contributed by atoms with Crippen LogP contribution in [0, 0.1) is 0 Å². The van der Waals surface area contributed by atoms with E-state index in [0.29, 0.717) is 6.04 Å². The average molecular weight is 307 g/mol. The van der Waals surface area contributed by atoms with Crippen molar-refractivity contribution in [2.24, 2.45) is 0 Å². The molecule has 0 aromatic heterocycles.